The summed E-state index contributed by atoms with van der Waals surface area (Å²) in [5.41, 5.74) is -0.399. The number of anilines is 1. The lowest BCUT2D eigenvalue weighted by Crippen LogP contribution is -2.29. The van der Waals surface area contributed by atoms with Gasteiger partial charge in [0.15, 0.2) is 5.17 Å². The molecule has 1 aromatic carbocycles. The third kappa shape index (κ3) is 5.43. The Morgan fingerprint density at radius 1 is 1.48 bits per heavy atom. The maximum atomic E-state index is 12.2. The highest BCUT2D eigenvalue weighted by atomic mass is 35.5. The molecule has 2 N–H and O–H groups in total. The molecule has 2 amide bonds. The van der Waals surface area contributed by atoms with Crippen LogP contribution in [0.3, 0.4) is 0 Å². The fourth-order valence-corrected chi connectivity index (χ4v) is 3.31. The number of carbonyl (C=O) groups is 2. The number of aliphatic imine (C=N–C) groups is 1. The van der Waals surface area contributed by atoms with Gasteiger partial charge in [-0.05, 0) is 26.8 Å². The topological polar surface area (TPSA) is 114 Å². The zero-order chi connectivity index (χ0) is 18.8. The SMILES string of the molecule is CC(C)(C)N=C1NC(=O)[C@@H](CC(=O)Nc2cc([N+](=O)[O-])ccc2Cl)S1. The highest BCUT2D eigenvalue weighted by Crippen LogP contribution is 2.28. The van der Waals surface area contributed by atoms with E-state index < -0.39 is 16.1 Å². The predicted molar refractivity (Wildman–Crippen MR) is 98.1 cm³/mol. The Kier molecular flexibility index (Phi) is 5.69. The van der Waals surface area contributed by atoms with Crippen LogP contribution in [-0.4, -0.2) is 32.7 Å². The van der Waals surface area contributed by atoms with Crippen LogP contribution in [0.5, 0.6) is 0 Å². The number of amides is 2. The molecule has 1 heterocycles. The molecule has 0 saturated carbocycles. The standard InChI is InChI=1S/C15H17ClN4O4S/c1-15(2,3)19-14-18-13(22)11(25-14)7-12(21)17-10-6-8(20(23)24)4-5-9(10)16/h4-6,11H,7H2,1-3H3,(H,17,21)(H,18,19,22)/t11-/m1/s1. The number of thioether (sulfide) groups is 1. The zero-order valence-corrected chi connectivity index (χ0v) is 15.4. The van der Waals surface area contributed by atoms with E-state index in [1.54, 1.807) is 0 Å². The molecule has 8 nitrogen and oxygen atoms in total. The summed E-state index contributed by atoms with van der Waals surface area (Å²) in [5, 5.41) is 16.0. The van der Waals surface area contributed by atoms with Crippen molar-refractivity contribution in [2.45, 2.75) is 38.0 Å². The van der Waals surface area contributed by atoms with E-state index in [2.05, 4.69) is 15.6 Å². The molecule has 1 aromatic rings. The zero-order valence-electron chi connectivity index (χ0n) is 13.8. The minimum Gasteiger partial charge on any atom is -0.325 e. The lowest BCUT2D eigenvalue weighted by atomic mass is 10.1. The lowest BCUT2D eigenvalue weighted by molar-refractivity contribution is -0.384. The number of nitrogens with one attached hydrogen (secondary N) is 2. The normalized spacial score (nSPS) is 19.0. The first kappa shape index (κ1) is 19.2. The second-order valence-corrected chi connectivity index (χ2v) is 7.96. The van der Waals surface area contributed by atoms with E-state index in [4.69, 9.17) is 11.6 Å². The number of hydrogen-bond acceptors (Lipinski definition) is 6. The van der Waals surface area contributed by atoms with E-state index in [-0.39, 0.29) is 34.3 Å². The maximum absolute atomic E-state index is 12.2. The summed E-state index contributed by atoms with van der Waals surface area (Å²) in [5.74, 6) is -0.764. The van der Waals surface area contributed by atoms with Crippen molar-refractivity contribution in [3.05, 3.63) is 33.3 Å². The molecule has 1 aliphatic rings. The van der Waals surface area contributed by atoms with Crippen molar-refractivity contribution in [1.29, 1.82) is 0 Å². The van der Waals surface area contributed by atoms with Gasteiger partial charge in [0.05, 0.1) is 21.2 Å². The van der Waals surface area contributed by atoms with Crippen LogP contribution in [0.2, 0.25) is 5.02 Å². The van der Waals surface area contributed by atoms with E-state index in [0.717, 1.165) is 0 Å². The second-order valence-electron chi connectivity index (χ2n) is 6.36. The largest absolute Gasteiger partial charge is 0.325 e. The number of non-ortho nitro benzene ring substituents is 1. The summed E-state index contributed by atoms with van der Waals surface area (Å²) in [6.07, 6.45) is -0.0985. The first-order valence-corrected chi connectivity index (χ1v) is 8.62. The molecule has 0 unspecified atom stereocenters. The summed E-state index contributed by atoms with van der Waals surface area (Å²) in [7, 11) is 0. The molecule has 25 heavy (non-hydrogen) atoms. The van der Waals surface area contributed by atoms with Crippen LogP contribution in [0.1, 0.15) is 27.2 Å². The number of rotatable bonds is 4. The molecule has 0 radical (unpaired) electrons. The maximum Gasteiger partial charge on any atom is 0.271 e. The average Bonchev–Trinajstić information content (AvgIpc) is 2.78. The Morgan fingerprint density at radius 3 is 2.76 bits per heavy atom. The van der Waals surface area contributed by atoms with Gasteiger partial charge in [0.2, 0.25) is 11.8 Å². The van der Waals surface area contributed by atoms with Gasteiger partial charge in [0.25, 0.3) is 5.69 Å². The minimum atomic E-state index is -0.612. The van der Waals surface area contributed by atoms with Crippen molar-refractivity contribution in [2.24, 2.45) is 4.99 Å². The highest BCUT2D eigenvalue weighted by Gasteiger charge is 2.33. The minimum absolute atomic E-state index is 0.0985. The fraction of sp³-hybridized carbons (Fsp3) is 0.400. The predicted octanol–water partition coefficient (Wildman–Crippen LogP) is 2.96. The van der Waals surface area contributed by atoms with E-state index in [1.165, 1.54) is 30.0 Å². The van der Waals surface area contributed by atoms with Crippen LogP contribution in [0.4, 0.5) is 11.4 Å². The molecule has 1 atom stereocenters. The molecule has 1 saturated heterocycles. The Labute approximate surface area is 153 Å². The summed E-state index contributed by atoms with van der Waals surface area (Å²) in [6.45, 7) is 5.70. The number of amidine groups is 1. The monoisotopic (exact) mass is 384 g/mol. The molecule has 1 fully saturated rings. The molecule has 0 bridgehead atoms. The first-order chi connectivity index (χ1) is 11.5. The van der Waals surface area contributed by atoms with Crippen LogP contribution in [0.25, 0.3) is 0 Å². The fourth-order valence-electron chi connectivity index (χ4n) is 1.99. The Balaban J connectivity index is 2.04. The van der Waals surface area contributed by atoms with Gasteiger partial charge in [-0.25, -0.2) is 0 Å². The molecule has 0 aromatic heterocycles. The second kappa shape index (κ2) is 7.40. The van der Waals surface area contributed by atoms with Gasteiger partial charge in [-0.2, -0.15) is 0 Å². The Bertz CT molecular complexity index is 760. The van der Waals surface area contributed by atoms with Crippen LogP contribution >= 0.6 is 23.4 Å². The van der Waals surface area contributed by atoms with E-state index in [1.807, 2.05) is 20.8 Å². The van der Waals surface area contributed by atoms with Crippen LogP contribution < -0.4 is 10.6 Å². The van der Waals surface area contributed by atoms with Gasteiger partial charge in [0.1, 0.15) is 5.25 Å². The number of halogens is 1. The summed E-state index contributed by atoms with van der Waals surface area (Å²) >= 11 is 7.13. The average molecular weight is 385 g/mol. The molecular formula is C15H17ClN4O4S. The molecule has 10 heteroatoms. The van der Waals surface area contributed by atoms with Crippen LogP contribution in [0, 0.1) is 10.1 Å². The lowest BCUT2D eigenvalue weighted by Gasteiger charge is -2.12. The molecule has 0 aliphatic carbocycles. The highest BCUT2D eigenvalue weighted by molar-refractivity contribution is 8.15. The van der Waals surface area contributed by atoms with Crippen molar-refractivity contribution in [2.75, 3.05) is 5.32 Å². The number of carbonyl (C=O) groups excluding carboxylic acids is 2. The van der Waals surface area contributed by atoms with Gasteiger partial charge >= 0.3 is 0 Å². The van der Waals surface area contributed by atoms with Crippen LogP contribution in [-0.2, 0) is 9.59 Å². The van der Waals surface area contributed by atoms with Crippen molar-refractivity contribution >= 4 is 51.7 Å². The molecule has 1 aliphatic heterocycles. The van der Waals surface area contributed by atoms with Crippen molar-refractivity contribution in [3.8, 4) is 0 Å². The van der Waals surface area contributed by atoms with E-state index in [0.29, 0.717) is 5.17 Å². The van der Waals surface area contributed by atoms with E-state index >= 15 is 0 Å². The third-order valence-electron chi connectivity index (χ3n) is 3.02. The van der Waals surface area contributed by atoms with Gasteiger partial charge < -0.3 is 10.6 Å². The summed E-state index contributed by atoms with van der Waals surface area (Å²) < 4.78 is 0. The molecule has 2 rings (SSSR count). The van der Waals surface area contributed by atoms with Crippen molar-refractivity contribution in [3.63, 3.8) is 0 Å². The Morgan fingerprint density at radius 2 is 2.16 bits per heavy atom. The third-order valence-corrected chi connectivity index (χ3v) is 4.43. The first-order valence-electron chi connectivity index (χ1n) is 7.36. The van der Waals surface area contributed by atoms with Crippen LogP contribution in [0.15, 0.2) is 23.2 Å². The molecule has 0 spiro atoms. The van der Waals surface area contributed by atoms with E-state index in [9.17, 15) is 19.7 Å². The van der Waals surface area contributed by atoms with Gasteiger partial charge in [-0.3, -0.25) is 24.7 Å². The Hall–Kier alpha value is -2.13. The molecular weight excluding hydrogens is 368 g/mol. The van der Waals surface area contributed by atoms with Crippen molar-refractivity contribution in [1.82, 2.24) is 5.32 Å². The number of nitrogens with zero attached hydrogens (tertiary/aromatic N) is 2. The summed E-state index contributed by atoms with van der Waals surface area (Å²) in [4.78, 5) is 38.7. The van der Waals surface area contributed by atoms with Gasteiger partial charge in [-0.15, -0.1) is 0 Å². The quantitative estimate of drug-likeness (QED) is 0.611. The molecule has 134 valence electrons. The smallest absolute Gasteiger partial charge is 0.271 e. The van der Waals surface area contributed by atoms with Gasteiger partial charge in [-0.1, -0.05) is 23.4 Å². The van der Waals surface area contributed by atoms with Crippen molar-refractivity contribution < 1.29 is 14.5 Å². The number of nitro groups is 1. The number of benzene rings is 1. The number of hydrogen-bond donors (Lipinski definition) is 2. The number of nitro benzene ring substituents is 1. The van der Waals surface area contributed by atoms with Gasteiger partial charge in [0, 0.05) is 18.6 Å². The summed E-state index contributed by atoms with van der Waals surface area (Å²) in [6, 6.07) is 3.75.